The van der Waals surface area contributed by atoms with E-state index in [0.717, 1.165) is 13.1 Å². The van der Waals surface area contributed by atoms with Gasteiger partial charge in [0.05, 0.1) is 0 Å². The number of carbonyl (C=O) groups excluding carboxylic acids is 1. The molecular formula is C15H25KN2O-2. The molecule has 1 amide bonds. The van der Waals surface area contributed by atoms with E-state index >= 15 is 0 Å². The summed E-state index contributed by atoms with van der Waals surface area (Å²) in [5.41, 5.74) is 0.703. The van der Waals surface area contributed by atoms with Crippen molar-refractivity contribution < 1.29 is 56.2 Å². The van der Waals surface area contributed by atoms with Crippen molar-refractivity contribution >= 4 is 5.91 Å². The normalized spacial score (nSPS) is 7.89. The molecule has 19 heavy (non-hydrogen) atoms. The molecule has 0 bridgehead atoms. The minimum Gasteiger partial charge on any atom is -0.376 e. The zero-order valence-corrected chi connectivity index (χ0v) is 16.1. The number of rotatable bonds is 3. The number of benzene rings is 1. The zero-order chi connectivity index (χ0) is 14.4. The first-order valence-electron chi connectivity index (χ1n) is 6.10. The maximum atomic E-state index is 11.3. The van der Waals surface area contributed by atoms with Crippen LogP contribution in [0.3, 0.4) is 0 Å². The van der Waals surface area contributed by atoms with E-state index < -0.39 is 0 Å². The third-order valence-corrected chi connectivity index (χ3v) is 1.72. The van der Waals surface area contributed by atoms with Crippen molar-refractivity contribution in [2.45, 2.75) is 13.8 Å². The summed E-state index contributed by atoms with van der Waals surface area (Å²) in [7, 11) is 3.47. The van der Waals surface area contributed by atoms with Crippen molar-refractivity contribution in [2.75, 3.05) is 27.2 Å². The minimum atomic E-state index is 0. The fourth-order valence-corrected chi connectivity index (χ4v) is 0.913. The molecule has 0 aliphatic rings. The second kappa shape index (κ2) is 18.3. The number of hydrogen-bond donors (Lipinski definition) is 1. The summed E-state index contributed by atoms with van der Waals surface area (Å²) < 4.78 is 0. The van der Waals surface area contributed by atoms with Gasteiger partial charge in [0.25, 0.3) is 0 Å². The third kappa shape index (κ3) is 14.5. The number of hydrogen-bond acceptors (Lipinski definition) is 2. The van der Waals surface area contributed by atoms with E-state index in [1.807, 2.05) is 13.8 Å². The van der Waals surface area contributed by atoms with Crippen LogP contribution in [0.15, 0.2) is 24.3 Å². The smallest absolute Gasteiger partial charge is 0.376 e. The van der Waals surface area contributed by atoms with E-state index in [4.69, 9.17) is 0 Å². The topological polar surface area (TPSA) is 32.3 Å². The molecule has 104 valence electrons. The molecule has 0 saturated carbocycles. The van der Waals surface area contributed by atoms with Crippen LogP contribution in [0.2, 0.25) is 0 Å². The molecule has 0 fully saturated rings. The van der Waals surface area contributed by atoms with E-state index in [1.54, 1.807) is 43.3 Å². The van der Waals surface area contributed by atoms with Crippen LogP contribution >= 0.6 is 0 Å². The predicted molar refractivity (Wildman–Crippen MR) is 78.2 cm³/mol. The third-order valence-electron chi connectivity index (χ3n) is 1.72. The van der Waals surface area contributed by atoms with Crippen molar-refractivity contribution in [3.63, 3.8) is 0 Å². The Balaban J connectivity index is -0.000000275. The van der Waals surface area contributed by atoms with Gasteiger partial charge in [0.2, 0.25) is 5.91 Å². The summed E-state index contributed by atoms with van der Waals surface area (Å²) >= 11 is 0. The van der Waals surface area contributed by atoms with Gasteiger partial charge in [-0.05, 0) is 0 Å². The molecule has 4 heteroatoms. The van der Waals surface area contributed by atoms with E-state index in [2.05, 4.69) is 25.2 Å². The van der Waals surface area contributed by atoms with Gasteiger partial charge in [-0.15, -0.1) is 13.1 Å². The molecule has 0 radical (unpaired) electrons. The van der Waals surface area contributed by atoms with Crippen LogP contribution in [0.5, 0.6) is 0 Å². The molecule has 1 rings (SSSR count). The quantitative estimate of drug-likeness (QED) is 0.599. The number of amides is 1. The number of nitrogens with one attached hydrogen (secondary N) is 1. The molecule has 0 heterocycles. The van der Waals surface area contributed by atoms with Crippen LogP contribution in [-0.4, -0.2) is 38.0 Å². The Morgan fingerprint density at radius 3 is 1.89 bits per heavy atom. The Morgan fingerprint density at radius 1 is 1.21 bits per heavy atom. The Labute approximate surface area is 161 Å². The van der Waals surface area contributed by atoms with Gasteiger partial charge in [0.1, 0.15) is 0 Å². The van der Waals surface area contributed by atoms with E-state index in [9.17, 15) is 4.79 Å². The van der Waals surface area contributed by atoms with E-state index in [0.29, 0.717) is 5.56 Å². The average molecular weight is 288 g/mol. The van der Waals surface area contributed by atoms with Crippen LogP contribution in [0.25, 0.3) is 0 Å². The molecule has 1 N–H and O–H groups in total. The minimum absolute atomic E-state index is 0. The van der Waals surface area contributed by atoms with Crippen molar-refractivity contribution in [1.82, 2.24) is 10.2 Å². The predicted octanol–water partition coefficient (Wildman–Crippen LogP) is -0.537. The molecule has 0 aliphatic heterocycles. The van der Waals surface area contributed by atoms with Crippen LogP contribution in [-0.2, 0) is 0 Å². The molecule has 0 aliphatic carbocycles. The Hall–Kier alpha value is 0.286. The SMILES string of the molecule is CC.CN(C)C(=O)c1cc[c-]cc1.[CH2-]CNC[CH2-].[K+]. The Bertz CT molecular complexity index is 287. The van der Waals surface area contributed by atoms with E-state index in [-0.39, 0.29) is 57.3 Å². The molecule has 1 aromatic rings. The van der Waals surface area contributed by atoms with Gasteiger partial charge in [-0.1, -0.05) is 19.4 Å². The summed E-state index contributed by atoms with van der Waals surface area (Å²) in [5, 5.41) is 2.89. The Kier molecular flexibility index (Phi) is 23.4. The molecule has 0 atom stereocenters. The molecule has 1 aromatic carbocycles. The number of carbonyl (C=O) groups is 1. The van der Waals surface area contributed by atoms with Crippen LogP contribution in [0, 0.1) is 19.9 Å². The largest absolute Gasteiger partial charge is 1.00 e. The molecule has 0 unspecified atom stereocenters. The monoisotopic (exact) mass is 288 g/mol. The van der Waals surface area contributed by atoms with Crippen molar-refractivity contribution in [1.29, 1.82) is 0 Å². The second-order valence-corrected chi connectivity index (χ2v) is 3.24. The van der Waals surface area contributed by atoms with Crippen LogP contribution in [0.4, 0.5) is 0 Å². The summed E-state index contributed by atoms with van der Waals surface area (Å²) in [5.74, 6) is 0.0269. The van der Waals surface area contributed by atoms with Gasteiger partial charge in [-0.2, -0.15) is 30.3 Å². The maximum Gasteiger partial charge on any atom is 1.00 e. The molecule has 3 nitrogen and oxygen atoms in total. The van der Waals surface area contributed by atoms with Gasteiger partial charge in [-0.25, -0.2) is 0 Å². The van der Waals surface area contributed by atoms with Gasteiger partial charge < -0.3 is 24.1 Å². The fourth-order valence-electron chi connectivity index (χ4n) is 0.913. The van der Waals surface area contributed by atoms with Gasteiger partial charge >= 0.3 is 51.4 Å². The van der Waals surface area contributed by atoms with Crippen LogP contribution in [0.1, 0.15) is 24.2 Å². The average Bonchev–Trinajstić information content (AvgIpc) is 2.42. The standard InChI is InChI=1S/C9H10NO.C4H9N.C2H6.K/c1-10(2)9(11)8-6-4-3-5-7-8;1-3-5-4-2;1-2;/h4-7H,1-2H3;5H,1-4H2;1-2H3;/q-1;-2;;+1. The summed E-state index contributed by atoms with van der Waals surface area (Å²) in [6, 6.07) is 9.83. The summed E-state index contributed by atoms with van der Waals surface area (Å²) in [6.45, 7) is 12.6. The van der Waals surface area contributed by atoms with E-state index in [1.165, 1.54) is 0 Å². The molecule has 0 spiro atoms. The molecular weight excluding hydrogens is 263 g/mol. The Morgan fingerprint density at radius 2 is 1.63 bits per heavy atom. The molecule has 0 aromatic heterocycles. The van der Waals surface area contributed by atoms with Crippen molar-refractivity contribution in [3.05, 3.63) is 49.7 Å². The van der Waals surface area contributed by atoms with Crippen molar-refractivity contribution in [2.24, 2.45) is 0 Å². The van der Waals surface area contributed by atoms with Crippen LogP contribution < -0.4 is 56.7 Å². The zero-order valence-electron chi connectivity index (χ0n) is 13.0. The van der Waals surface area contributed by atoms with Gasteiger partial charge in [0, 0.05) is 14.1 Å². The fraction of sp³-hybridized carbons (Fsp3) is 0.400. The molecule has 0 saturated heterocycles. The second-order valence-electron chi connectivity index (χ2n) is 3.24. The summed E-state index contributed by atoms with van der Waals surface area (Å²) in [6.07, 6.45) is 0. The van der Waals surface area contributed by atoms with Gasteiger partial charge in [-0.3, -0.25) is 4.79 Å². The number of nitrogens with zero attached hydrogens (tertiary/aromatic N) is 1. The van der Waals surface area contributed by atoms with Gasteiger partial charge in [0.15, 0.2) is 0 Å². The van der Waals surface area contributed by atoms with Crippen molar-refractivity contribution in [3.8, 4) is 0 Å². The maximum absolute atomic E-state index is 11.3. The first kappa shape index (κ1) is 24.3. The first-order chi connectivity index (χ1) is 8.63. The summed E-state index contributed by atoms with van der Waals surface area (Å²) in [4.78, 5) is 12.8. The first-order valence-corrected chi connectivity index (χ1v) is 6.10.